The first-order valence-electron chi connectivity index (χ1n) is 2.50. The van der Waals surface area contributed by atoms with Gasteiger partial charge in [-0.3, -0.25) is 20.3 Å². The molecule has 0 unspecified atom stereocenters. The van der Waals surface area contributed by atoms with Crippen molar-refractivity contribution in [1.82, 2.24) is 5.32 Å². The van der Waals surface area contributed by atoms with Gasteiger partial charge in [-0.15, -0.1) is 0 Å². The van der Waals surface area contributed by atoms with Crippen LogP contribution in [0.2, 0.25) is 0 Å². The van der Waals surface area contributed by atoms with E-state index in [1.165, 1.54) is 6.19 Å². The first kappa shape index (κ1) is 12.4. The number of nitrogens with one attached hydrogen (secondary N) is 2. The number of primary amides is 2. The SMILES string of the molecule is N#CNC(=N)N.NC(=O)C(N)=O. The molecule has 0 saturated carbocycles. The minimum absolute atomic E-state index is 0.322. The zero-order valence-electron chi connectivity index (χ0n) is 6.00. The predicted octanol–water partition coefficient (Wildman–Crippen LogP) is -3.09. The number of nitrogens with two attached hydrogens (primary N) is 3. The highest BCUT2D eigenvalue weighted by Crippen LogP contribution is 1.44. The first-order chi connectivity index (χ1) is 5.41. The summed E-state index contributed by atoms with van der Waals surface area (Å²) in [5, 5.41) is 15.9. The summed E-state index contributed by atoms with van der Waals surface area (Å²) < 4.78 is 0. The highest BCUT2D eigenvalue weighted by molar-refractivity contribution is 6.33. The van der Waals surface area contributed by atoms with Gasteiger partial charge in [-0.2, -0.15) is 5.26 Å². The lowest BCUT2D eigenvalue weighted by atomic mass is 10.6. The van der Waals surface area contributed by atoms with Crippen LogP contribution in [0.1, 0.15) is 0 Å². The number of nitriles is 1. The Bertz CT molecular complexity index is 216. The topological polar surface area (TPSA) is 172 Å². The van der Waals surface area contributed by atoms with Gasteiger partial charge in [0.1, 0.15) is 0 Å². The van der Waals surface area contributed by atoms with Crippen LogP contribution in [0, 0.1) is 16.9 Å². The Labute approximate surface area is 67.8 Å². The molecule has 0 radical (unpaired) electrons. The molecule has 0 aromatic heterocycles. The number of guanidine groups is 1. The predicted molar refractivity (Wildman–Crippen MR) is 39.1 cm³/mol. The van der Waals surface area contributed by atoms with Crippen molar-refractivity contribution in [2.45, 2.75) is 0 Å². The van der Waals surface area contributed by atoms with Crippen LogP contribution in [0.3, 0.4) is 0 Å². The number of rotatable bonds is 0. The molecule has 0 aromatic carbocycles. The van der Waals surface area contributed by atoms with Crippen molar-refractivity contribution < 1.29 is 9.59 Å². The van der Waals surface area contributed by atoms with Crippen molar-refractivity contribution in [3.63, 3.8) is 0 Å². The average Bonchev–Trinajstić information content (AvgIpc) is 1.87. The number of hydrogen-bond donors (Lipinski definition) is 5. The summed E-state index contributed by atoms with van der Waals surface area (Å²) in [6, 6.07) is 0. The Hall–Kier alpha value is -2.30. The molecular formula is C4H8N6O2. The molecule has 8 nitrogen and oxygen atoms in total. The standard InChI is InChI=1S/C2H4N4.C2H4N2O2/c3-1-6-2(4)5;3-1(5)2(4)6/h(H4,4,5,6);(H2,3,5)(H2,4,6). The van der Waals surface area contributed by atoms with Gasteiger partial charge in [0.25, 0.3) is 0 Å². The van der Waals surface area contributed by atoms with Gasteiger partial charge in [0, 0.05) is 0 Å². The zero-order valence-corrected chi connectivity index (χ0v) is 6.00. The molecular weight excluding hydrogens is 164 g/mol. The van der Waals surface area contributed by atoms with E-state index in [1.54, 1.807) is 0 Å². The lowest BCUT2D eigenvalue weighted by Crippen LogP contribution is -2.29. The Morgan fingerprint density at radius 2 is 1.58 bits per heavy atom. The maximum atomic E-state index is 9.45. The average molecular weight is 172 g/mol. The molecule has 8 N–H and O–H groups in total. The van der Waals surface area contributed by atoms with E-state index in [9.17, 15) is 9.59 Å². The zero-order chi connectivity index (χ0) is 10.1. The van der Waals surface area contributed by atoms with Crippen LogP contribution in [-0.4, -0.2) is 17.8 Å². The fourth-order valence-electron chi connectivity index (χ4n) is 0.0602. The van der Waals surface area contributed by atoms with Crippen molar-refractivity contribution in [3.8, 4) is 6.19 Å². The largest absolute Gasteiger partial charge is 0.369 e. The second-order valence-corrected chi connectivity index (χ2v) is 1.38. The summed E-state index contributed by atoms with van der Waals surface area (Å²) in [7, 11) is 0. The van der Waals surface area contributed by atoms with Gasteiger partial charge in [-0.1, -0.05) is 0 Å². The molecule has 66 valence electrons. The number of amides is 2. The van der Waals surface area contributed by atoms with Gasteiger partial charge in [0.15, 0.2) is 12.2 Å². The van der Waals surface area contributed by atoms with Crippen LogP contribution < -0.4 is 22.5 Å². The number of hydrogen-bond acceptors (Lipinski definition) is 4. The van der Waals surface area contributed by atoms with Crippen LogP contribution in [0.4, 0.5) is 0 Å². The van der Waals surface area contributed by atoms with E-state index in [-0.39, 0.29) is 5.96 Å². The summed E-state index contributed by atoms with van der Waals surface area (Å²) in [6.45, 7) is 0. The molecule has 8 heteroatoms. The van der Waals surface area contributed by atoms with E-state index in [0.717, 1.165) is 0 Å². The fourth-order valence-corrected chi connectivity index (χ4v) is 0.0602. The third-order valence-electron chi connectivity index (χ3n) is 0.433. The van der Waals surface area contributed by atoms with Gasteiger partial charge >= 0.3 is 11.8 Å². The second-order valence-electron chi connectivity index (χ2n) is 1.38. The van der Waals surface area contributed by atoms with Crippen molar-refractivity contribution in [2.75, 3.05) is 0 Å². The molecule has 0 rings (SSSR count). The summed E-state index contributed by atoms with van der Waals surface area (Å²) in [6.07, 6.45) is 1.47. The second kappa shape index (κ2) is 6.81. The lowest BCUT2D eigenvalue weighted by molar-refractivity contribution is -0.135. The molecule has 0 spiro atoms. The molecule has 0 heterocycles. The third kappa shape index (κ3) is 15.6. The molecule has 0 aliphatic carbocycles. The molecule has 12 heavy (non-hydrogen) atoms. The van der Waals surface area contributed by atoms with E-state index >= 15 is 0 Å². The molecule has 0 saturated heterocycles. The number of carbonyl (C=O) groups excluding carboxylic acids is 2. The van der Waals surface area contributed by atoms with Crippen molar-refractivity contribution >= 4 is 17.8 Å². The molecule has 0 atom stereocenters. The van der Waals surface area contributed by atoms with Gasteiger partial charge in [0.2, 0.25) is 0 Å². The van der Waals surface area contributed by atoms with Crippen molar-refractivity contribution in [1.29, 1.82) is 10.7 Å². The normalized spacial score (nSPS) is 6.58. The first-order valence-corrected chi connectivity index (χ1v) is 2.50. The van der Waals surface area contributed by atoms with Crippen molar-refractivity contribution in [2.24, 2.45) is 17.2 Å². The van der Waals surface area contributed by atoms with Crippen LogP contribution in [0.15, 0.2) is 0 Å². The van der Waals surface area contributed by atoms with Gasteiger partial charge in [0.05, 0.1) is 0 Å². The minimum atomic E-state index is -1.10. The summed E-state index contributed by atoms with van der Waals surface area (Å²) in [5.74, 6) is -2.53. The Morgan fingerprint density at radius 3 is 1.58 bits per heavy atom. The third-order valence-corrected chi connectivity index (χ3v) is 0.433. The van der Waals surface area contributed by atoms with E-state index < -0.39 is 11.8 Å². The highest BCUT2D eigenvalue weighted by atomic mass is 16.2. The quantitative estimate of drug-likeness (QED) is 0.0854. The highest BCUT2D eigenvalue weighted by Gasteiger charge is 1.96. The van der Waals surface area contributed by atoms with Crippen molar-refractivity contribution in [3.05, 3.63) is 0 Å². The molecule has 2 amide bonds. The molecule has 0 aliphatic rings. The molecule has 0 aliphatic heterocycles. The molecule has 0 fully saturated rings. The Morgan fingerprint density at radius 1 is 1.25 bits per heavy atom. The van der Waals surface area contributed by atoms with E-state index in [2.05, 4.69) is 17.2 Å². The van der Waals surface area contributed by atoms with Gasteiger partial charge in [-0.25, -0.2) is 0 Å². The number of nitrogens with zero attached hydrogens (tertiary/aromatic N) is 1. The maximum absolute atomic E-state index is 9.45. The van der Waals surface area contributed by atoms with Crippen LogP contribution in [-0.2, 0) is 9.59 Å². The van der Waals surface area contributed by atoms with E-state index in [0.29, 0.717) is 0 Å². The number of carbonyl (C=O) groups is 2. The summed E-state index contributed by atoms with van der Waals surface area (Å²) in [4.78, 5) is 18.9. The van der Waals surface area contributed by atoms with Gasteiger partial charge in [-0.05, 0) is 0 Å². The fraction of sp³-hybridized carbons (Fsp3) is 0. The molecule has 0 aromatic rings. The summed E-state index contributed by atoms with van der Waals surface area (Å²) >= 11 is 0. The van der Waals surface area contributed by atoms with Crippen LogP contribution in [0.5, 0.6) is 0 Å². The monoisotopic (exact) mass is 172 g/mol. The molecule has 0 bridgehead atoms. The van der Waals surface area contributed by atoms with Gasteiger partial charge < -0.3 is 17.2 Å². The minimum Gasteiger partial charge on any atom is -0.369 e. The Kier molecular flexibility index (Phi) is 7.03. The Balaban J connectivity index is 0. The maximum Gasteiger partial charge on any atom is 0.306 e. The lowest BCUT2D eigenvalue weighted by Gasteiger charge is -1.82. The van der Waals surface area contributed by atoms with Crippen LogP contribution >= 0.6 is 0 Å². The van der Waals surface area contributed by atoms with E-state index in [4.69, 9.17) is 10.7 Å². The van der Waals surface area contributed by atoms with Crippen LogP contribution in [0.25, 0.3) is 0 Å². The smallest absolute Gasteiger partial charge is 0.306 e. The summed E-state index contributed by atoms with van der Waals surface area (Å²) in [5.41, 5.74) is 13.3. The van der Waals surface area contributed by atoms with E-state index in [1.807, 2.05) is 5.32 Å².